The van der Waals surface area contributed by atoms with E-state index >= 15 is 0 Å². The molecule has 2 aromatic carbocycles. The molecule has 18 heavy (non-hydrogen) atoms. The Morgan fingerprint density at radius 3 is 2.61 bits per heavy atom. The third-order valence-electron chi connectivity index (χ3n) is 2.75. The summed E-state index contributed by atoms with van der Waals surface area (Å²) in [5.74, 6) is 0.116. The number of aliphatic imine (C=N–C) groups is 1. The predicted molar refractivity (Wildman–Crippen MR) is 76.5 cm³/mol. The second-order valence-corrected chi connectivity index (χ2v) is 4.61. The standard InChI is InChI=1S/C16H17NO/c1-12(2)17-10-9-16(18)15-8-7-13-5-3-4-6-14(13)11-15/h3-8,10-12H,9H2,1-2H3. The molecule has 0 aliphatic carbocycles. The van der Waals surface area contributed by atoms with Crippen molar-refractivity contribution in [1.29, 1.82) is 0 Å². The van der Waals surface area contributed by atoms with Gasteiger partial charge in [0.25, 0.3) is 0 Å². The van der Waals surface area contributed by atoms with Crippen LogP contribution in [0.1, 0.15) is 30.6 Å². The maximum atomic E-state index is 12.0. The first-order valence-electron chi connectivity index (χ1n) is 6.20. The lowest BCUT2D eigenvalue weighted by atomic mass is 10.0. The van der Waals surface area contributed by atoms with Crippen molar-refractivity contribution in [2.24, 2.45) is 4.99 Å². The number of ketones is 1. The summed E-state index contributed by atoms with van der Waals surface area (Å²) in [7, 11) is 0. The fourth-order valence-electron chi connectivity index (χ4n) is 1.83. The van der Waals surface area contributed by atoms with Gasteiger partial charge in [0.05, 0.1) is 0 Å². The number of hydrogen-bond acceptors (Lipinski definition) is 2. The van der Waals surface area contributed by atoms with Crippen LogP contribution < -0.4 is 0 Å². The minimum atomic E-state index is 0.116. The van der Waals surface area contributed by atoms with Crippen LogP contribution in [-0.4, -0.2) is 18.0 Å². The molecule has 0 radical (unpaired) electrons. The summed E-state index contributed by atoms with van der Waals surface area (Å²) in [6, 6.07) is 14.1. The van der Waals surface area contributed by atoms with E-state index in [1.807, 2.05) is 56.3 Å². The molecule has 0 aromatic heterocycles. The summed E-state index contributed by atoms with van der Waals surface area (Å²) >= 11 is 0. The van der Waals surface area contributed by atoms with E-state index in [1.165, 1.54) is 0 Å². The number of carbonyl (C=O) groups is 1. The summed E-state index contributed by atoms with van der Waals surface area (Å²) in [6.07, 6.45) is 2.08. The van der Waals surface area contributed by atoms with Gasteiger partial charge >= 0.3 is 0 Å². The summed E-state index contributed by atoms with van der Waals surface area (Å²) in [4.78, 5) is 16.2. The molecule has 2 rings (SSSR count). The third-order valence-corrected chi connectivity index (χ3v) is 2.75. The lowest BCUT2D eigenvalue weighted by Gasteiger charge is -2.01. The highest BCUT2D eigenvalue weighted by Crippen LogP contribution is 2.16. The maximum absolute atomic E-state index is 12.0. The van der Waals surface area contributed by atoms with Gasteiger partial charge in [-0.3, -0.25) is 9.79 Å². The minimum absolute atomic E-state index is 0.116. The van der Waals surface area contributed by atoms with Gasteiger partial charge < -0.3 is 0 Å². The Labute approximate surface area is 107 Å². The zero-order chi connectivity index (χ0) is 13.0. The SMILES string of the molecule is CC(C)N=CCC(=O)c1ccc2ccccc2c1. The molecule has 0 N–H and O–H groups in total. The summed E-state index contributed by atoms with van der Waals surface area (Å²) < 4.78 is 0. The molecule has 0 saturated carbocycles. The smallest absolute Gasteiger partial charge is 0.168 e. The topological polar surface area (TPSA) is 29.4 Å². The average molecular weight is 239 g/mol. The molecule has 0 aliphatic heterocycles. The lowest BCUT2D eigenvalue weighted by molar-refractivity contribution is 0.100. The Morgan fingerprint density at radius 1 is 1.17 bits per heavy atom. The monoisotopic (exact) mass is 239 g/mol. The van der Waals surface area contributed by atoms with Crippen LogP contribution in [-0.2, 0) is 0 Å². The van der Waals surface area contributed by atoms with E-state index in [-0.39, 0.29) is 11.8 Å². The molecule has 0 fully saturated rings. The number of fused-ring (bicyclic) bond motifs is 1. The zero-order valence-corrected chi connectivity index (χ0v) is 10.8. The predicted octanol–water partition coefficient (Wildman–Crippen LogP) is 3.89. The fourth-order valence-corrected chi connectivity index (χ4v) is 1.83. The number of rotatable bonds is 4. The van der Waals surface area contributed by atoms with Crippen molar-refractivity contribution in [3.8, 4) is 0 Å². The first-order valence-corrected chi connectivity index (χ1v) is 6.20. The molecule has 0 heterocycles. The highest BCUT2D eigenvalue weighted by molar-refractivity contribution is 6.05. The van der Waals surface area contributed by atoms with Crippen LogP contribution >= 0.6 is 0 Å². The second-order valence-electron chi connectivity index (χ2n) is 4.61. The molecule has 0 amide bonds. The van der Waals surface area contributed by atoms with Crippen LogP contribution in [0.2, 0.25) is 0 Å². The Morgan fingerprint density at radius 2 is 1.89 bits per heavy atom. The first-order chi connectivity index (χ1) is 8.66. The van der Waals surface area contributed by atoms with Crippen molar-refractivity contribution in [1.82, 2.24) is 0 Å². The van der Waals surface area contributed by atoms with Crippen LogP contribution in [0.15, 0.2) is 47.5 Å². The van der Waals surface area contributed by atoms with E-state index in [9.17, 15) is 4.79 Å². The molecule has 0 unspecified atom stereocenters. The van der Waals surface area contributed by atoms with Gasteiger partial charge in [0, 0.05) is 24.2 Å². The van der Waals surface area contributed by atoms with E-state index in [1.54, 1.807) is 6.21 Å². The first kappa shape index (κ1) is 12.5. The van der Waals surface area contributed by atoms with Crippen LogP contribution in [0.4, 0.5) is 0 Å². The summed E-state index contributed by atoms with van der Waals surface area (Å²) in [6.45, 7) is 3.99. The van der Waals surface area contributed by atoms with Crippen molar-refractivity contribution in [3.63, 3.8) is 0 Å². The third kappa shape index (κ3) is 3.04. The number of carbonyl (C=O) groups excluding carboxylic acids is 1. The molecule has 0 atom stereocenters. The van der Waals surface area contributed by atoms with Gasteiger partial charge in [0.1, 0.15) is 0 Å². The van der Waals surface area contributed by atoms with Gasteiger partial charge in [0.2, 0.25) is 0 Å². The van der Waals surface area contributed by atoms with Crippen molar-refractivity contribution in [2.45, 2.75) is 26.3 Å². The molecule has 2 aromatic rings. The fraction of sp³-hybridized carbons (Fsp3) is 0.250. The lowest BCUT2D eigenvalue weighted by Crippen LogP contribution is -2.00. The summed E-state index contributed by atoms with van der Waals surface area (Å²) in [5, 5.41) is 2.26. The van der Waals surface area contributed by atoms with Gasteiger partial charge in [-0.15, -0.1) is 0 Å². The molecule has 0 spiro atoms. The van der Waals surface area contributed by atoms with Crippen LogP contribution in [0.5, 0.6) is 0 Å². The van der Waals surface area contributed by atoms with Gasteiger partial charge in [-0.25, -0.2) is 0 Å². The van der Waals surface area contributed by atoms with E-state index in [0.717, 1.165) is 16.3 Å². The molecule has 92 valence electrons. The van der Waals surface area contributed by atoms with Crippen LogP contribution in [0.3, 0.4) is 0 Å². The largest absolute Gasteiger partial charge is 0.294 e. The number of benzene rings is 2. The number of hydrogen-bond donors (Lipinski definition) is 0. The molecule has 0 aliphatic rings. The maximum Gasteiger partial charge on any atom is 0.168 e. The molecular formula is C16H17NO. The molecule has 2 heteroatoms. The van der Waals surface area contributed by atoms with Crippen molar-refractivity contribution < 1.29 is 4.79 Å². The van der Waals surface area contributed by atoms with E-state index in [0.29, 0.717) is 6.42 Å². The Bertz CT molecular complexity index is 584. The highest BCUT2D eigenvalue weighted by atomic mass is 16.1. The molecule has 0 saturated heterocycles. The zero-order valence-electron chi connectivity index (χ0n) is 10.8. The van der Waals surface area contributed by atoms with Gasteiger partial charge in [-0.05, 0) is 30.7 Å². The van der Waals surface area contributed by atoms with Crippen LogP contribution in [0, 0.1) is 0 Å². The Hall–Kier alpha value is -1.96. The number of Topliss-reactive ketones (excluding diaryl/α,β-unsaturated/α-hetero) is 1. The summed E-state index contributed by atoms with van der Waals surface area (Å²) in [5.41, 5.74) is 0.754. The van der Waals surface area contributed by atoms with E-state index < -0.39 is 0 Å². The Kier molecular flexibility index (Phi) is 3.88. The van der Waals surface area contributed by atoms with Crippen molar-refractivity contribution in [3.05, 3.63) is 48.0 Å². The van der Waals surface area contributed by atoms with Crippen LogP contribution in [0.25, 0.3) is 10.8 Å². The van der Waals surface area contributed by atoms with Crippen molar-refractivity contribution >= 4 is 22.8 Å². The molecular weight excluding hydrogens is 222 g/mol. The minimum Gasteiger partial charge on any atom is -0.294 e. The normalized spacial score (nSPS) is 11.5. The highest BCUT2D eigenvalue weighted by Gasteiger charge is 2.04. The van der Waals surface area contributed by atoms with Crippen molar-refractivity contribution in [2.75, 3.05) is 0 Å². The quantitative estimate of drug-likeness (QED) is 0.588. The molecule has 0 bridgehead atoms. The van der Waals surface area contributed by atoms with Gasteiger partial charge in [-0.1, -0.05) is 36.4 Å². The van der Waals surface area contributed by atoms with E-state index in [2.05, 4.69) is 4.99 Å². The molecule has 2 nitrogen and oxygen atoms in total. The van der Waals surface area contributed by atoms with Gasteiger partial charge in [-0.2, -0.15) is 0 Å². The Balaban J connectivity index is 2.18. The van der Waals surface area contributed by atoms with Gasteiger partial charge in [0.15, 0.2) is 5.78 Å². The number of nitrogens with zero attached hydrogens (tertiary/aromatic N) is 1. The van der Waals surface area contributed by atoms with E-state index in [4.69, 9.17) is 0 Å². The second kappa shape index (κ2) is 5.58. The average Bonchev–Trinajstić information content (AvgIpc) is 2.37.